The van der Waals surface area contributed by atoms with Crippen LogP contribution in [0, 0.1) is 13.8 Å². The van der Waals surface area contributed by atoms with Crippen molar-refractivity contribution in [3.63, 3.8) is 0 Å². The average Bonchev–Trinajstić information content (AvgIpc) is 2.29. The second-order valence-electron chi connectivity index (χ2n) is 4.38. The Morgan fingerprint density at radius 2 is 1.94 bits per heavy atom. The Morgan fingerprint density at radius 1 is 1.22 bits per heavy atom. The van der Waals surface area contributed by atoms with E-state index < -0.39 is 0 Å². The maximum atomic E-state index is 5.99. The Bertz CT molecular complexity index is 385. The zero-order valence-electron chi connectivity index (χ0n) is 11.5. The molecule has 1 aromatic heterocycles. The predicted molar refractivity (Wildman–Crippen MR) is 74.4 cm³/mol. The number of aromatic nitrogens is 2. The van der Waals surface area contributed by atoms with E-state index in [1.165, 1.54) is 0 Å². The smallest absolute Gasteiger partial charge is 0.137 e. The van der Waals surface area contributed by atoms with E-state index in [1.54, 1.807) is 0 Å². The van der Waals surface area contributed by atoms with E-state index in [4.69, 9.17) is 16.3 Å². The second-order valence-corrected chi connectivity index (χ2v) is 4.74. The Kier molecular flexibility index (Phi) is 6.32. The normalized spacial score (nSPS) is 11.0. The van der Waals surface area contributed by atoms with Crippen molar-refractivity contribution in [2.45, 2.75) is 13.8 Å². The first kappa shape index (κ1) is 15.1. The summed E-state index contributed by atoms with van der Waals surface area (Å²) < 4.78 is 5.49. The van der Waals surface area contributed by atoms with Gasteiger partial charge in [0.2, 0.25) is 0 Å². The summed E-state index contributed by atoms with van der Waals surface area (Å²) in [5, 5.41) is 3.71. The van der Waals surface area contributed by atoms with Gasteiger partial charge in [0.25, 0.3) is 0 Å². The molecular weight excluding hydrogens is 252 g/mol. The highest BCUT2D eigenvalue weighted by atomic mass is 35.5. The molecule has 0 aliphatic rings. The molecule has 0 unspecified atom stereocenters. The summed E-state index contributed by atoms with van der Waals surface area (Å²) in [5.41, 5.74) is 0.871. The SMILES string of the molecule is Cc1nc(Cl)c(C)c(NCCOCCN(C)C)n1. The van der Waals surface area contributed by atoms with Gasteiger partial charge in [0.05, 0.1) is 13.2 Å². The number of nitrogens with one attached hydrogen (secondary N) is 1. The van der Waals surface area contributed by atoms with E-state index in [2.05, 4.69) is 20.2 Å². The maximum absolute atomic E-state index is 5.99. The van der Waals surface area contributed by atoms with Gasteiger partial charge in [-0.2, -0.15) is 0 Å². The fourth-order valence-electron chi connectivity index (χ4n) is 1.36. The highest BCUT2D eigenvalue weighted by molar-refractivity contribution is 6.30. The number of hydrogen-bond donors (Lipinski definition) is 1. The van der Waals surface area contributed by atoms with Crippen molar-refractivity contribution in [3.8, 4) is 0 Å². The molecule has 0 saturated heterocycles. The minimum absolute atomic E-state index is 0.499. The number of anilines is 1. The minimum atomic E-state index is 0.499. The molecule has 0 saturated carbocycles. The third-order valence-electron chi connectivity index (χ3n) is 2.42. The van der Waals surface area contributed by atoms with E-state index in [0.29, 0.717) is 24.1 Å². The number of halogens is 1. The van der Waals surface area contributed by atoms with Gasteiger partial charge in [0.15, 0.2) is 0 Å². The summed E-state index contributed by atoms with van der Waals surface area (Å²) in [6.07, 6.45) is 0. The molecule has 1 N–H and O–H groups in total. The molecule has 1 heterocycles. The van der Waals surface area contributed by atoms with Gasteiger partial charge in [-0.1, -0.05) is 11.6 Å². The molecule has 0 fully saturated rings. The highest BCUT2D eigenvalue weighted by Crippen LogP contribution is 2.19. The zero-order chi connectivity index (χ0) is 13.5. The van der Waals surface area contributed by atoms with Gasteiger partial charge in [-0.05, 0) is 27.9 Å². The Morgan fingerprint density at radius 3 is 2.61 bits per heavy atom. The Labute approximate surface area is 114 Å². The number of nitrogens with zero attached hydrogens (tertiary/aromatic N) is 3. The molecule has 102 valence electrons. The summed E-state index contributed by atoms with van der Waals surface area (Å²) in [6.45, 7) is 6.74. The first-order chi connectivity index (χ1) is 8.50. The minimum Gasteiger partial charge on any atom is -0.378 e. The van der Waals surface area contributed by atoms with Gasteiger partial charge in [-0.15, -0.1) is 0 Å². The van der Waals surface area contributed by atoms with Crippen LogP contribution in [0.4, 0.5) is 5.82 Å². The molecule has 0 aromatic carbocycles. The molecule has 0 bridgehead atoms. The zero-order valence-corrected chi connectivity index (χ0v) is 12.2. The molecule has 1 aromatic rings. The summed E-state index contributed by atoms with van der Waals surface area (Å²) in [7, 11) is 4.05. The van der Waals surface area contributed by atoms with Crippen LogP contribution in [0.3, 0.4) is 0 Å². The van der Waals surface area contributed by atoms with Crippen LogP contribution >= 0.6 is 11.6 Å². The summed E-state index contributed by atoms with van der Waals surface area (Å²) in [6, 6.07) is 0. The average molecular weight is 273 g/mol. The lowest BCUT2D eigenvalue weighted by Crippen LogP contribution is -2.20. The van der Waals surface area contributed by atoms with Gasteiger partial charge in [-0.3, -0.25) is 0 Å². The number of rotatable bonds is 7. The van der Waals surface area contributed by atoms with Crippen molar-refractivity contribution in [1.29, 1.82) is 0 Å². The predicted octanol–water partition coefficient (Wildman–Crippen LogP) is 1.74. The first-order valence-corrected chi connectivity index (χ1v) is 6.35. The molecular formula is C12H21ClN4O. The summed E-state index contributed by atoms with van der Waals surface area (Å²) in [4.78, 5) is 10.5. The molecule has 0 spiro atoms. The first-order valence-electron chi connectivity index (χ1n) is 5.97. The van der Waals surface area contributed by atoms with E-state index in [1.807, 2.05) is 27.9 Å². The largest absolute Gasteiger partial charge is 0.378 e. The standard InChI is InChI=1S/C12H21ClN4O/c1-9-11(13)15-10(2)16-12(9)14-5-7-18-8-6-17(3)4/h5-8H2,1-4H3,(H,14,15,16). The second kappa shape index (κ2) is 7.51. The summed E-state index contributed by atoms with van der Waals surface area (Å²) >= 11 is 5.99. The quantitative estimate of drug-likeness (QED) is 0.605. The van der Waals surface area contributed by atoms with Crippen molar-refractivity contribution in [1.82, 2.24) is 14.9 Å². The van der Waals surface area contributed by atoms with Gasteiger partial charge >= 0.3 is 0 Å². The van der Waals surface area contributed by atoms with E-state index in [0.717, 1.165) is 24.5 Å². The molecule has 5 nitrogen and oxygen atoms in total. The van der Waals surface area contributed by atoms with Crippen molar-refractivity contribution < 1.29 is 4.74 Å². The lowest BCUT2D eigenvalue weighted by molar-refractivity contribution is 0.126. The monoisotopic (exact) mass is 272 g/mol. The maximum Gasteiger partial charge on any atom is 0.137 e. The van der Waals surface area contributed by atoms with Crippen LogP contribution in [-0.4, -0.2) is 55.3 Å². The fourth-order valence-corrected chi connectivity index (χ4v) is 1.57. The molecule has 0 radical (unpaired) electrons. The molecule has 0 atom stereocenters. The van der Waals surface area contributed by atoms with Crippen LogP contribution in [0.2, 0.25) is 5.15 Å². The van der Waals surface area contributed by atoms with Crippen LogP contribution in [0.25, 0.3) is 0 Å². The Balaban J connectivity index is 2.31. The van der Waals surface area contributed by atoms with Crippen molar-refractivity contribution in [2.24, 2.45) is 0 Å². The molecule has 0 amide bonds. The third kappa shape index (κ3) is 5.16. The van der Waals surface area contributed by atoms with E-state index in [9.17, 15) is 0 Å². The Hall–Kier alpha value is -0.910. The molecule has 0 aliphatic heterocycles. The molecule has 1 rings (SSSR count). The molecule has 0 aliphatic carbocycles. The van der Waals surface area contributed by atoms with E-state index in [-0.39, 0.29) is 0 Å². The number of hydrogen-bond acceptors (Lipinski definition) is 5. The molecule has 18 heavy (non-hydrogen) atoms. The van der Waals surface area contributed by atoms with Crippen LogP contribution in [0.1, 0.15) is 11.4 Å². The lowest BCUT2D eigenvalue weighted by Gasteiger charge is -2.12. The van der Waals surface area contributed by atoms with E-state index >= 15 is 0 Å². The van der Waals surface area contributed by atoms with Crippen LogP contribution in [0.15, 0.2) is 0 Å². The lowest BCUT2D eigenvalue weighted by atomic mass is 10.3. The topological polar surface area (TPSA) is 50.3 Å². The fraction of sp³-hybridized carbons (Fsp3) is 0.667. The van der Waals surface area contributed by atoms with Gasteiger partial charge in [0.1, 0.15) is 16.8 Å². The number of aryl methyl sites for hydroxylation is 1. The van der Waals surface area contributed by atoms with Gasteiger partial charge in [-0.25, -0.2) is 9.97 Å². The molecule has 6 heteroatoms. The number of likely N-dealkylation sites (N-methyl/N-ethyl adjacent to an activating group) is 1. The van der Waals surface area contributed by atoms with Gasteiger partial charge in [0, 0.05) is 18.7 Å². The van der Waals surface area contributed by atoms with Crippen molar-refractivity contribution >= 4 is 17.4 Å². The van der Waals surface area contributed by atoms with Crippen LogP contribution < -0.4 is 5.32 Å². The highest BCUT2D eigenvalue weighted by Gasteiger charge is 2.06. The van der Waals surface area contributed by atoms with Crippen molar-refractivity contribution in [2.75, 3.05) is 45.7 Å². The van der Waals surface area contributed by atoms with Gasteiger partial charge < -0.3 is 15.0 Å². The van der Waals surface area contributed by atoms with Crippen molar-refractivity contribution in [3.05, 3.63) is 16.5 Å². The number of ether oxygens (including phenoxy) is 1. The summed E-state index contributed by atoms with van der Waals surface area (Å²) in [5.74, 6) is 1.45. The van der Waals surface area contributed by atoms with Crippen LogP contribution in [0.5, 0.6) is 0 Å². The third-order valence-corrected chi connectivity index (χ3v) is 2.79. The van der Waals surface area contributed by atoms with Crippen LogP contribution in [-0.2, 0) is 4.74 Å².